The summed E-state index contributed by atoms with van der Waals surface area (Å²) in [6.45, 7) is 5.17. The van der Waals surface area contributed by atoms with Gasteiger partial charge in [0.15, 0.2) is 0 Å². The van der Waals surface area contributed by atoms with Crippen molar-refractivity contribution in [1.82, 2.24) is 0 Å². The zero-order valence-electron chi connectivity index (χ0n) is 14.6. The topological polar surface area (TPSA) is 68.3 Å². The number of nitrogens with two attached hydrogens (primary N) is 1. The number of hydrogen-bond donors (Lipinski definition) is 1. The highest BCUT2D eigenvalue weighted by Crippen LogP contribution is 2.33. The van der Waals surface area contributed by atoms with Crippen LogP contribution >= 0.6 is 22.6 Å². The molecule has 2 rings (SSSR count). The molecule has 1 unspecified atom stereocenters. The molecule has 4 nitrogen and oxygen atoms in total. The Bertz CT molecular complexity index is 729. The third-order valence-corrected chi connectivity index (χ3v) is 4.85. The second-order valence-corrected chi connectivity index (χ2v) is 6.74. The smallest absolute Gasteiger partial charge is 0.136 e. The van der Waals surface area contributed by atoms with Gasteiger partial charge in [0.05, 0.1) is 28.9 Å². The highest BCUT2D eigenvalue weighted by molar-refractivity contribution is 14.1. The predicted octanol–water partition coefficient (Wildman–Crippen LogP) is 4.07. The Hall–Kier alpha value is -1.78. The van der Waals surface area contributed by atoms with Gasteiger partial charge in [-0.1, -0.05) is 24.3 Å². The quantitative estimate of drug-likeness (QED) is 0.616. The lowest BCUT2D eigenvalue weighted by atomic mass is 9.95. The zero-order chi connectivity index (χ0) is 18.2. The second kappa shape index (κ2) is 9.64. The summed E-state index contributed by atoms with van der Waals surface area (Å²) in [4.78, 5) is 0. The molecule has 25 heavy (non-hydrogen) atoms. The second-order valence-electron chi connectivity index (χ2n) is 5.66. The van der Waals surface area contributed by atoms with Crippen LogP contribution in [0.4, 0.5) is 0 Å². The van der Waals surface area contributed by atoms with Crippen molar-refractivity contribution in [1.29, 1.82) is 5.26 Å². The Kier molecular flexibility index (Phi) is 7.53. The fourth-order valence-corrected chi connectivity index (χ4v) is 3.30. The van der Waals surface area contributed by atoms with Crippen molar-refractivity contribution < 1.29 is 9.47 Å². The van der Waals surface area contributed by atoms with Crippen LogP contribution in [-0.2, 0) is 12.8 Å². The van der Waals surface area contributed by atoms with Crippen LogP contribution in [-0.4, -0.2) is 19.3 Å². The third-order valence-electron chi connectivity index (χ3n) is 3.78. The van der Waals surface area contributed by atoms with Crippen LogP contribution < -0.4 is 15.2 Å². The molecule has 1 atom stereocenters. The van der Waals surface area contributed by atoms with Crippen LogP contribution in [0.1, 0.15) is 30.5 Å². The lowest BCUT2D eigenvalue weighted by Crippen LogP contribution is -2.20. The Balaban J connectivity index is 2.35. The number of nitrogens with zero attached hydrogens (tertiary/aromatic N) is 1. The van der Waals surface area contributed by atoms with Crippen molar-refractivity contribution >= 4 is 22.6 Å². The van der Waals surface area contributed by atoms with Gasteiger partial charge in [0.25, 0.3) is 0 Å². The Morgan fingerprint density at radius 3 is 2.16 bits per heavy atom. The molecule has 2 N–H and O–H groups in total. The first kappa shape index (κ1) is 19.5. The number of halogens is 1. The molecule has 0 aliphatic rings. The Morgan fingerprint density at radius 1 is 1.08 bits per heavy atom. The molecule has 0 amide bonds. The number of hydrogen-bond acceptors (Lipinski definition) is 4. The third kappa shape index (κ3) is 5.35. The fourth-order valence-electron chi connectivity index (χ4n) is 2.68. The lowest BCUT2D eigenvalue weighted by Gasteiger charge is -2.15. The van der Waals surface area contributed by atoms with Gasteiger partial charge in [-0.2, -0.15) is 5.26 Å². The van der Waals surface area contributed by atoms with Gasteiger partial charge in [-0.15, -0.1) is 0 Å². The summed E-state index contributed by atoms with van der Waals surface area (Å²) in [5, 5.41) is 8.99. The standard InChI is InChI=1S/C20H23IN2O2/c1-3-24-18-10-14(11-19(20(18)21)25-4-2)9-15-7-5-6-8-16(15)12-17(23)13-22/h5-8,10-11,17H,3-4,9,12,23H2,1-2H3. The molecule has 0 aliphatic heterocycles. The first-order valence-electron chi connectivity index (χ1n) is 8.39. The molecule has 2 aromatic carbocycles. The van der Waals surface area contributed by atoms with E-state index in [9.17, 15) is 0 Å². The molecule has 0 spiro atoms. The average Bonchev–Trinajstić information content (AvgIpc) is 2.61. The minimum absolute atomic E-state index is 0.490. The maximum atomic E-state index is 8.99. The molecule has 0 radical (unpaired) electrons. The van der Waals surface area contributed by atoms with Gasteiger partial charge in [-0.25, -0.2) is 0 Å². The van der Waals surface area contributed by atoms with E-state index in [0.717, 1.165) is 32.6 Å². The van der Waals surface area contributed by atoms with Crippen molar-refractivity contribution in [2.24, 2.45) is 5.73 Å². The number of nitriles is 1. The molecule has 0 fully saturated rings. The first-order chi connectivity index (χ1) is 12.1. The van der Waals surface area contributed by atoms with Crippen LogP contribution in [0.2, 0.25) is 0 Å². The molecule has 0 aromatic heterocycles. The molecule has 0 bridgehead atoms. The number of ether oxygens (including phenoxy) is 2. The number of rotatable bonds is 8. The Morgan fingerprint density at radius 2 is 1.64 bits per heavy atom. The molecule has 0 saturated carbocycles. The van der Waals surface area contributed by atoms with Gasteiger partial charge >= 0.3 is 0 Å². The van der Waals surface area contributed by atoms with E-state index in [-0.39, 0.29) is 0 Å². The van der Waals surface area contributed by atoms with E-state index in [1.54, 1.807) is 0 Å². The van der Waals surface area contributed by atoms with Gasteiger partial charge < -0.3 is 15.2 Å². The van der Waals surface area contributed by atoms with Gasteiger partial charge in [0.1, 0.15) is 11.5 Å². The summed E-state index contributed by atoms with van der Waals surface area (Å²) < 4.78 is 12.5. The maximum absolute atomic E-state index is 8.99. The molecule has 0 saturated heterocycles. The highest BCUT2D eigenvalue weighted by Gasteiger charge is 2.13. The molecular formula is C20H23IN2O2. The van der Waals surface area contributed by atoms with E-state index < -0.39 is 6.04 Å². The highest BCUT2D eigenvalue weighted by atomic mass is 127. The number of benzene rings is 2. The van der Waals surface area contributed by atoms with Crippen molar-refractivity contribution in [3.05, 3.63) is 56.7 Å². The van der Waals surface area contributed by atoms with Crippen LogP contribution in [0.15, 0.2) is 36.4 Å². The molecule has 5 heteroatoms. The van der Waals surface area contributed by atoms with Gasteiger partial charge in [0, 0.05) is 6.42 Å². The SMILES string of the molecule is CCOc1cc(Cc2ccccc2CC(N)C#N)cc(OCC)c1I. The monoisotopic (exact) mass is 450 g/mol. The van der Waals surface area contributed by atoms with Gasteiger partial charge in [-0.05, 0) is 71.7 Å². The van der Waals surface area contributed by atoms with Crippen LogP contribution in [0, 0.1) is 14.9 Å². The minimum Gasteiger partial charge on any atom is -0.493 e. The van der Waals surface area contributed by atoms with Crippen molar-refractivity contribution in [3.8, 4) is 17.6 Å². The summed E-state index contributed by atoms with van der Waals surface area (Å²) in [6, 6.07) is 13.8. The largest absolute Gasteiger partial charge is 0.493 e. The Labute approximate surface area is 163 Å². The summed E-state index contributed by atoms with van der Waals surface area (Å²) >= 11 is 2.26. The normalized spacial score (nSPS) is 11.6. The van der Waals surface area contributed by atoms with Crippen LogP contribution in [0.3, 0.4) is 0 Å². The van der Waals surface area contributed by atoms with Crippen LogP contribution in [0.25, 0.3) is 0 Å². The van der Waals surface area contributed by atoms with Crippen LogP contribution in [0.5, 0.6) is 11.5 Å². The van der Waals surface area contributed by atoms with E-state index in [2.05, 4.69) is 46.9 Å². The maximum Gasteiger partial charge on any atom is 0.136 e. The summed E-state index contributed by atoms with van der Waals surface area (Å²) in [6.07, 6.45) is 1.29. The van der Waals surface area contributed by atoms with E-state index in [4.69, 9.17) is 20.5 Å². The first-order valence-corrected chi connectivity index (χ1v) is 9.46. The minimum atomic E-state index is -0.490. The predicted molar refractivity (Wildman–Crippen MR) is 108 cm³/mol. The summed E-state index contributed by atoms with van der Waals surface area (Å²) in [5.74, 6) is 1.69. The van der Waals surface area contributed by atoms with E-state index in [1.807, 2.05) is 32.0 Å². The average molecular weight is 450 g/mol. The van der Waals surface area contributed by atoms with E-state index in [1.165, 1.54) is 5.56 Å². The molecule has 0 aliphatic carbocycles. The molecular weight excluding hydrogens is 427 g/mol. The van der Waals surface area contributed by atoms with Crippen molar-refractivity contribution in [2.45, 2.75) is 32.7 Å². The summed E-state index contributed by atoms with van der Waals surface area (Å²) in [7, 11) is 0. The van der Waals surface area contributed by atoms with Gasteiger partial charge in [-0.3, -0.25) is 0 Å². The molecule has 132 valence electrons. The fraction of sp³-hybridized carbons (Fsp3) is 0.350. The molecule has 2 aromatic rings. The summed E-state index contributed by atoms with van der Waals surface area (Å²) in [5.41, 5.74) is 9.20. The van der Waals surface area contributed by atoms with E-state index >= 15 is 0 Å². The van der Waals surface area contributed by atoms with Crippen molar-refractivity contribution in [3.63, 3.8) is 0 Å². The van der Waals surface area contributed by atoms with Crippen molar-refractivity contribution in [2.75, 3.05) is 13.2 Å². The van der Waals surface area contributed by atoms with Gasteiger partial charge in [0.2, 0.25) is 0 Å². The lowest BCUT2D eigenvalue weighted by molar-refractivity contribution is 0.318. The zero-order valence-corrected chi connectivity index (χ0v) is 16.7. The molecule has 0 heterocycles. The van der Waals surface area contributed by atoms with E-state index in [0.29, 0.717) is 19.6 Å².